The van der Waals surface area contributed by atoms with Crippen LogP contribution in [0.2, 0.25) is 0 Å². The summed E-state index contributed by atoms with van der Waals surface area (Å²) in [5.74, 6) is 1.37. The van der Waals surface area contributed by atoms with Gasteiger partial charge in [-0.15, -0.1) is 0 Å². The van der Waals surface area contributed by atoms with Crippen LogP contribution >= 0.6 is 0 Å². The molecule has 0 saturated heterocycles. The Hall–Kier alpha value is -2.15. The van der Waals surface area contributed by atoms with Gasteiger partial charge in [0.2, 0.25) is 5.95 Å². The third kappa shape index (κ3) is 5.19. The smallest absolute Gasteiger partial charge is 0.225 e. The summed E-state index contributed by atoms with van der Waals surface area (Å²) >= 11 is 0. The normalized spacial score (nSPS) is 11.3. The van der Waals surface area contributed by atoms with Crippen LogP contribution < -0.4 is 9.64 Å². The highest BCUT2D eigenvalue weighted by atomic mass is 32.2. The van der Waals surface area contributed by atoms with Crippen molar-refractivity contribution < 1.29 is 13.2 Å². The van der Waals surface area contributed by atoms with Gasteiger partial charge < -0.3 is 9.64 Å². The molecule has 0 unspecified atom stereocenters. The Morgan fingerprint density at radius 1 is 1.08 bits per heavy atom. The standard InChI is InChI=1S/C17H23N3O3S/c1-13-12-14(2)19-17(18-13)20(3)10-5-11-23-15-6-8-16(9-7-15)24(4,21)22/h6-9,12H,5,10-11H2,1-4H3. The molecule has 0 atom stereocenters. The number of hydrogen-bond acceptors (Lipinski definition) is 6. The largest absolute Gasteiger partial charge is 0.494 e. The second-order valence-corrected chi connectivity index (χ2v) is 7.83. The molecule has 0 radical (unpaired) electrons. The zero-order chi connectivity index (χ0) is 17.7. The first-order chi connectivity index (χ1) is 11.3. The minimum atomic E-state index is -3.17. The first-order valence-corrected chi connectivity index (χ1v) is 9.61. The third-order valence-electron chi connectivity index (χ3n) is 3.47. The van der Waals surface area contributed by atoms with Gasteiger partial charge in [-0.05, 0) is 50.6 Å². The van der Waals surface area contributed by atoms with Crippen molar-refractivity contribution in [2.75, 3.05) is 31.4 Å². The summed E-state index contributed by atoms with van der Waals surface area (Å²) in [6.07, 6.45) is 1.99. The number of benzene rings is 1. The lowest BCUT2D eigenvalue weighted by molar-refractivity contribution is 0.312. The summed E-state index contributed by atoms with van der Waals surface area (Å²) < 4.78 is 28.5. The van der Waals surface area contributed by atoms with E-state index in [1.807, 2.05) is 31.9 Å². The second kappa shape index (κ2) is 7.61. The molecule has 0 aliphatic carbocycles. The molecule has 2 rings (SSSR count). The van der Waals surface area contributed by atoms with Gasteiger partial charge in [-0.3, -0.25) is 0 Å². The van der Waals surface area contributed by atoms with E-state index in [9.17, 15) is 8.42 Å². The number of aryl methyl sites for hydroxylation is 2. The maximum Gasteiger partial charge on any atom is 0.225 e. The van der Waals surface area contributed by atoms with Crippen molar-refractivity contribution in [2.45, 2.75) is 25.2 Å². The van der Waals surface area contributed by atoms with E-state index in [-0.39, 0.29) is 0 Å². The lowest BCUT2D eigenvalue weighted by atomic mass is 10.3. The van der Waals surface area contributed by atoms with E-state index in [4.69, 9.17) is 4.74 Å². The predicted octanol–water partition coefficient (Wildman–Crippen LogP) is 2.40. The fourth-order valence-electron chi connectivity index (χ4n) is 2.25. The van der Waals surface area contributed by atoms with Crippen LogP contribution in [-0.4, -0.2) is 44.8 Å². The summed E-state index contributed by atoms with van der Waals surface area (Å²) in [7, 11) is -1.22. The molecule has 0 bridgehead atoms. The van der Waals surface area contributed by atoms with Crippen LogP contribution in [-0.2, 0) is 9.84 Å². The summed E-state index contributed by atoms with van der Waals surface area (Å²) in [6.45, 7) is 5.21. The molecule has 1 aromatic heterocycles. The van der Waals surface area contributed by atoms with Crippen LogP contribution in [0.5, 0.6) is 5.75 Å². The highest BCUT2D eigenvalue weighted by molar-refractivity contribution is 7.90. The lowest BCUT2D eigenvalue weighted by Gasteiger charge is -2.18. The monoisotopic (exact) mass is 349 g/mol. The van der Waals surface area contributed by atoms with E-state index in [0.29, 0.717) is 23.2 Å². The minimum absolute atomic E-state index is 0.293. The fourth-order valence-corrected chi connectivity index (χ4v) is 2.88. The van der Waals surface area contributed by atoms with Crippen molar-refractivity contribution in [3.05, 3.63) is 41.7 Å². The molecular weight excluding hydrogens is 326 g/mol. The number of sulfone groups is 1. The average molecular weight is 349 g/mol. The zero-order valence-corrected chi connectivity index (χ0v) is 15.3. The SMILES string of the molecule is Cc1cc(C)nc(N(C)CCCOc2ccc(S(C)(=O)=O)cc2)n1. The van der Waals surface area contributed by atoms with E-state index in [0.717, 1.165) is 24.4 Å². The van der Waals surface area contributed by atoms with E-state index in [1.54, 1.807) is 24.3 Å². The van der Waals surface area contributed by atoms with Crippen molar-refractivity contribution in [1.82, 2.24) is 9.97 Å². The Morgan fingerprint density at radius 3 is 2.21 bits per heavy atom. The van der Waals surface area contributed by atoms with Crippen LogP contribution in [0.4, 0.5) is 5.95 Å². The van der Waals surface area contributed by atoms with Gasteiger partial charge in [0.05, 0.1) is 11.5 Å². The van der Waals surface area contributed by atoms with Gasteiger partial charge in [0.15, 0.2) is 9.84 Å². The average Bonchev–Trinajstić information content (AvgIpc) is 2.50. The molecule has 0 spiro atoms. The molecular formula is C17H23N3O3S. The summed E-state index contributed by atoms with van der Waals surface area (Å²) in [5.41, 5.74) is 1.90. The van der Waals surface area contributed by atoms with Crippen LogP contribution in [0.1, 0.15) is 17.8 Å². The Bertz CT molecular complexity index is 769. The van der Waals surface area contributed by atoms with Crippen LogP contribution in [0.3, 0.4) is 0 Å². The highest BCUT2D eigenvalue weighted by Crippen LogP contribution is 2.16. The zero-order valence-electron chi connectivity index (χ0n) is 14.5. The Kier molecular flexibility index (Phi) is 5.77. The van der Waals surface area contributed by atoms with Gasteiger partial charge in [-0.25, -0.2) is 18.4 Å². The molecule has 6 nitrogen and oxygen atoms in total. The molecule has 2 aromatic rings. The molecule has 0 saturated carbocycles. The third-order valence-corrected chi connectivity index (χ3v) is 4.60. The molecule has 0 aliphatic rings. The summed E-state index contributed by atoms with van der Waals surface area (Å²) in [5, 5.41) is 0. The number of hydrogen-bond donors (Lipinski definition) is 0. The van der Waals surface area contributed by atoms with Gasteiger partial charge >= 0.3 is 0 Å². The van der Waals surface area contributed by atoms with Crippen molar-refractivity contribution >= 4 is 15.8 Å². The highest BCUT2D eigenvalue weighted by Gasteiger charge is 2.07. The molecule has 130 valence electrons. The van der Waals surface area contributed by atoms with Gasteiger partial charge in [0.25, 0.3) is 0 Å². The van der Waals surface area contributed by atoms with Gasteiger partial charge in [0.1, 0.15) is 5.75 Å². The first kappa shape index (κ1) is 18.2. The summed E-state index contributed by atoms with van der Waals surface area (Å²) in [4.78, 5) is 11.1. The maximum absolute atomic E-state index is 11.4. The number of aromatic nitrogens is 2. The lowest BCUT2D eigenvalue weighted by Crippen LogP contribution is -2.23. The molecule has 1 aromatic carbocycles. The number of ether oxygens (including phenoxy) is 1. The van der Waals surface area contributed by atoms with Crippen molar-refractivity contribution in [3.63, 3.8) is 0 Å². The molecule has 0 N–H and O–H groups in total. The fraction of sp³-hybridized carbons (Fsp3) is 0.412. The van der Waals surface area contributed by atoms with Crippen LogP contribution in [0.15, 0.2) is 35.2 Å². The molecule has 0 fully saturated rings. The van der Waals surface area contributed by atoms with E-state index in [2.05, 4.69) is 9.97 Å². The van der Waals surface area contributed by atoms with Crippen LogP contribution in [0.25, 0.3) is 0 Å². The Labute approximate surface area is 143 Å². The van der Waals surface area contributed by atoms with Gasteiger partial charge in [-0.1, -0.05) is 0 Å². The van der Waals surface area contributed by atoms with Crippen LogP contribution in [0, 0.1) is 13.8 Å². The second-order valence-electron chi connectivity index (χ2n) is 5.82. The topological polar surface area (TPSA) is 72.4 Å². The predicted molar refractivity (Wildman–Crippen MR) is 94.4 cm³/mol. The van der Waals surface area contributed by atoms with Gasteiger partial charge in [0, 0.05) is 31.2 Å². The molecule has 0 amide bonds. The minimum Gasteiger partial charge on any atom is -0.494 e. The van der Waals surface area contributed by atoms with Crippen molar-refractivity contribution in [2.24, 2.45) is 0 Å². The van der Waals surface area contributed by atoms with E-state index < -0.39 is 9.84 Å². The number of anilines is 1. The molecule has 0 aliphatic heterocycles. The van der Waals surface area contributed by atoms with Gasteiger partial charge in [-0.2, -0.15) is 0 Å². The Morgan fingerprint density at radius 2 is 1.67 bits per heavy atom. The van der Waals surface area contributed by atoms with Crippen molar-refractivity contribution in [1.29, 1.82) is 0 Å². The Balaban J connectivity index is 1.82. The first-order valence-electron chi connectivity index (χ1n) is 7.72. The van der Waals surface area contributed by atoms with E-state index in [1.165, 1.54) is 6.26 Å². The van der Waals surface area contributed by atoms with E-state index >= 15 is 0 Å². The number of rotatable bonds is 7. The summed E-state index contributed by atoms with van der Waals surface area (Å²) in [6, 6.07) is 8.40. The quantitative estimate of drug-likeness (QED) is 0.715. The molecule has 24 heavy (non-hydrogen) atoms. The van der Waals surface area contributed by atoms with Crippen molar-refractivity contribution in [3.8, 4) is 5.75 Å². The molecule has 1 heterocycles. The molecule has 7 heteroatoms. The number of nitrogens with zero attached hydrogens (tertiary/aromatic N) is 3. The maximum atomic E-state index is 11.4.